The maximum absolute atomic E-state index is 15.5. The Hall–Kier alpha value is -5.03. The average Bonchev–Trinajstić information content (AvgIpc) is 3.98. The van der Waals surface area contributed by atoms with Gasteiger partial charge in [0.15, 0.2) is 5.82 Å². The number of alkyl halides is 2. The second-order valence-electron chi connectivity index (χ2n) is 17.6. The van der Waals surface area contributed by atoms with E-state index in [0.717, 1.165) is 0 Å². The molecule has 0 saturated carbocycles. The number of aromatic amines is 1. The van der Waals surface area contributed by atoms with Gasteiger partial charge < -0.3 is 40.6 Å². The van der Waals surface area contributed by atoms with Crippen LogP contribution >= 0.6 is 0 Å². The molecule has 4 amide bonds. The number of halogens is 4. The lowest BCUT2D eigenvalue weighted by Crippen LogP contribution is -2.58. The molecule has 2 aromatic carbocycles. The second-order valence-corrected chi connectivity index (χ2v) is 17.6. The Kier molecular flexibility index (Phi) is 13.8. The molecule has 0 spiro atoms. The predicted molar refractivity (Wildman–Crippen MR) is 226 cm³/mol. The molecule has 2 fully saturated rings. The van der Waals surface area contributed by atoms with Gasteiger partial charge in [0.2, 0.25) is 23.6 Å². The van der Waals surface area contributed by atoms with Crippen LogP contribution in [0.5, 0.6) is 0 Å². The molecule has 2 aromatic heterocycles. The molecule has 13 nitrogen and oxygen atoms in total. The molecule has 6 rings (SSSR count). The standard InChI is InChI=1S/C44H59F4N9O4/c1-9-33(53-40(58)23(2)49-7)42(60)56-21-27(47)16-29(56)14-15-55-36-13-11-26(46)19-35(36)52-39(55)37-32(31-12-10-25(45)18-34(31)51-37)20-30-17-28(48)22-57(30)43(61)38(44(4,5)6)54-41(59)24(3)50-8/h10-13,18-19,23-24,27-30,33,38,49-51H,9,14-17,20-22H2,1-8H3,(H,53,58)(H,54,59)/t23-,24-,27-,28-,29+,30-,33-,38+/m0/s1. The van der Waals surface area contributed by atoms with E-state index in [2.05, 4.69) is 26.3 Å². The van der Waals surface area contributed by atoms with Crippen LogP contribution in [-0.2, 0) is 32.1 Å². The molecular formula is C44H59F4N9O4. The summed E-state index contributed by atoms with van der Waals surface area (Å²) < 4.78 is 62.1. The van der Waals surface area contributed by atoms with Crippen LogP contribution < -0.4 is 21.3 Å². The number of nitrogens with one attached hydrogen (secondary N) is 5. The fourth-order valence-corrected chi connectivity index (χ4v) is 8.57. The normalized spacial score (nSPS) is 21.5. The molecule has 0 radical (unpaired) electrons. The third-order valence-corrected chi connectivity index (χ3v) is 12.3. The minimum Gasteiger partial charge on any atom is -0.352 e. The van der Waals surface area contributed by atoms with Crippen LogP contribution in [0.2, 0.25) is 0 Å². The number of aromatic nitrogens is 3. The highest BCUT2D eigenvalue weighted by atomic mass is 19.1. The number of H-pyrrole nitrogens is 1. The number of hydrogen-bond acceptors (Lipinski definition) is 7. The number of amides is 4. The number of fused-ring (bicyclic) bond motifs is 2. The number of likely N-dealkylation sites (N-methyl/N-ethyl adjacent to an activating group) is 2. The number of carbonyl (C=O) groups is 4. The van der Waals surface area contributed by atoms with Crippen LogP contribution in [-0.4, -0.2) is 124 Å². The van der Waals surface area contributed by atoms with Gasteiger partial charge in [0.25, 0.3) is 0 Å². The molecule has 2 aliphatic rings. The number of hydrogen-bond donors (Lipinski definition) is 5. The van der Waals surface area contributed by atoms with Gasteiger partial charge in [-0.2, -0.15) is 0 Å². The lowest BCUT2D eigenvalue weighted by Gasteiger charge is -2.36. The van der Waals surface area contributed by atoms with E-state index in [4.69, 9.17) is 4.98 Å². The van der Waals surface area contributed by atoms with Gasteiger partial charge in [0.1, 0.15) is 36.1 Å². The van der Waals surface area contributed by atoms with E-state index in [-0.39, 0.29) is 63.0 Å². The van der Waals surface area contributed by atoms with Gasteiger partial charge in [0.05, 0.1) is 41.9 Å². The molecule has 5 N–H and O–H groups in total. The van der Waals surface area contributed by atoms with Crippen molar-refractivity contribution in [1.82, 2.24) is 45.6 Å². The van der Waals surface area contributed by atoms with Crippen LogP contribution in [0.1, 0.15) is 72.8 Å². The van der Waals surface area contributed by atoms with Crippen molar-refractivity contribution < 1.29 is 36.7 Å². The summed E-state index contributed by atoms with van der Waals surface area (Å²) in [5.74, 6) is -2.19. The molecule has 61 heavy (non-hydrogen) atoms. The quantitative estimate of drug-likeness (QED) is 0.107. The minimum absolute atomic E-state index is 0.0153. The van der Waals surface area contributed by atoms with Crippen molar-refractivity contribution in [2.75, 3.05) is 27.2 Å². The van der Waals surface area contributed by atoms with E-state index in [1.54, 1.807) is 47.0 Å². The lowest BCUT2D eigenvalue weighted by atomic mass is 9.85. The highest BCUT2D eigenvalue weighted by Gasteiger charge is 2.44. The van der Waals surface area contributed by atoms with Crippen molar-refractivity contribution in [3.05, 3.63) is 53.6 Å². The van der Waals surface area contributed by atoms with Crippen LogP contribution in [0.3, 0.4) is 0 Å². The largest absolute Gasteiger partial charge is 0.352 e. The first-order valence-electron chi connectivity index (χ1n) is 21.2. The Labute approximate surface area is 353 Å². The van der Waals surface area contributed by atoms with Crippen molar-refractivity contribution in [2.45, 2.75) is 129 Å². The van der Waals surface area contributed by atoms with E-state index in [1.165, 1.54) is 34.1 Å². The summed E-state index contributed by atoms with van der Waals surface area (Å²) in [5.41, 5.74) is 1.66. The lowest BCUT2D eigenvalue weighted by molar-refractivity contribution is -0.140. The van der Waals surface area contributed by atoms with Gasteiger partial charge in [-0.15, -0.1) is 0 Å². The second kappa shape index (κ2) is 18.5. The number of imidazole rings is 1. The molecular weight excluding hydrogens is 795 g/mol. The van der Waals surface area contributed by atoms with Crippen molar-refractivity contribution in [3.8, 4) is 11.5 Å². The van der Waals surface area contributed by atoms with Gasteiger partial charge in [-0.3, -0.25) is 19.2 Å². The minimum atomic E-state index is -1.34. The Morgan fingerprint density at radius 3 is 2.07 bits per heavy atom. The molecule has 4 aromatic rings. The van der Waals surface area contributed by atoms with Crippen LogP contribution in [0.25, 0.3) is 33.5 Å². The summed E-state index contributed by atoms with van der Waals surface area (Å²) in [6.07, 6.45) is -1.81. The molecule has 8 atom stereocenters. The Balaban J connectivity index is 1.37. The number of aryl methyl sites for hydroxylation is 1. The fourth-order valence-electron chi connectivity index (χ4n) is 8.57. The van der Waals surface area contributed by atoms with Crippen LogP contribution in [0.15, 0.2) is 36.4 Å². The molecule has 17 heteroatoms. The Morgan fingerprint density at radius 2 is 1.44 bits per heavy atom. The zero-order valence-corrected chi connectivity index (χ0v) is 36.2. The third-order valence-electron chi connectivity index (χ3n) is 12.3. The first-order chi connectivity index (χ1) is 28.8. The van der Waals surface area contributed by atoms with Crippen molar-refractivity contribution in [2.24, 2.45) is 5.41 Å². The average molecular weight is 854 g/mol. The summed E-state index contributed by atoms with van der Waals surface area (Å²) in [6.45, 7) is 10.5. The molecule has 4 heterocycles. The van der Waals surface area contributed by atoms with Crippen molar-refractivity contribution >= 4 is 45.6 Å². The zero-order valence-electron chi connectivity index (χ0n) is 36.2. The molecule has 0 aliphatic carbocycles. The number of benzene rings is 2. The van der Waals surface area contributed by atoms with Crippen LogP contribution in [0, 0.1) is 17.0 Å². The first kappa shape index (κ1) is 45.5. The van der Waals surface area contributed by atoms with E-state index >= 15 is 8.78 Å². The topological polar surface area (TPSA) is 156 Å². The summed E-state index contributed by atoms with van der Waals surface area (Å²) in [5, 5.41) is 12.0. The highest BCUT2D eigenvalue weighted by Crippen LogP contribution is 2.37. The SMILES string of the molecule is CC[C@H](NC(=O)[C@H](C)NC)C(=O)N1C[C@@H](F)C[C@H]1CCn1c(-c2[nH]c3cc(F)ccc3c2C[C@@H]2C[C@H](F)CN2C(=O)[C@@H](NC(=O)[C@H](C)NC)C(C)(C)C)nc2cc(F)ccc21. The Bertz CT molecular complexity index is 2260. The van der Waals surface area contributed by atoms with Gasteiger partial charge in [-0.05, 0) is 88.5 Å². The van der Waals surface area contributed by atoms with Gasteiger partial charge in [-0.25, -0.2) is 22.5 Å². The van der Waals surface area contributed by atoms with Crippen molar-refractivity contribution in [1.29, 1.82) is 0 Å². The summed E-state index contributed by atoms with van der Waals surface area (Å²) in [6, 6.07) is 4.32. The Morgan fingerprint density at radius 1 is 0.852 bits per heavy atom. The molecule has 0 bridgehead atoms. The number of nitrogens with zero attached hydrogens (tertiary/aromatic N) is 4. The highest BCUT2D eigenvalue weighted by molar-refractivity contribution is 5.93. The first-order valence-corrected chi connectivity index (χ1v) is 21.2. The fraction of sp³-hybridized carbons (Fsp3) is 0.568. The number of likely N-dealkylation sites (tertiary alicyclic amines) is 2. The van der Waals surface area contributed by atoms with Gasteiger partial charge in [-0.1, -0.05) is 27.7 Å². The third kappa shape index (κ3) is 9.72. The molecule has 0 unspecified atom stereocenters. The molecule has 2 saturated heterocycles. The summed E-state index contributed by atoms with van der Waals surface area (Å²) in [4.78, 5) is 65.2. The van der Waals surface area contributed by atoms with Crippen LogP contribution in [0.4, 0.5) is 17.6 Å². The van der Waals surface area contributed by atoms with E-state index in [9.17, 15) is 28.0 Å². The van der Waals surface area contributed by atoms with E-state index in [1.807, 2.05) is 25.3 Å². The monoisotopic (exact) mass is 853 g/mol. The molecule has 332 valence electrons. The summed E-state index contributed by atoms with van der Waals surface area (Å²) >= 11 is 0. The number of carbonyl (C=O) groups excluding carboxylic acids is 4. The van der Waals surface area contributed by atoms with Gasteiger partial charge >= 0.3 is 0 Å². The summed E-state index contributed by atoms with van der Waals surface area (Å²) in [7, 11) is 3.28. The number of rotatable bonds is 15. The van der Waals surface area contributed by atoms with E-state index < -0.39 is 71.6 Å². The van der Waals surface area contributed by atoms with Gasteiger partial charge in [0, 0.05) is 48.4 Å². The van der Waals surface area contributed by atoms with E-state index in [0.29, 0.717) is 45.4 Å². The van der Waals surface area contributed by atoms with Crippen molar-refractivity contribution in [3.63, 3.8) is 0 Å². The smallest absolute Gasteiger partial charge is 0.246 e. The maximum atomic E-state index is 15.5. The zero-order chi connectivity index (χ0) is 44.5. The maximum Gasteiger partial charge on any atom is 0.246 e. The molecule has 2 aliphatic heterocycles. The predicted octanol–water partition coefficient (Wildman–Crippen LogP) is 4.91.